The van der Waals surface area contributed by atoms with Crippen LogP contribution < -0.4 is 14.2 Å². The first-order valence-electron chi connectivity index (χ1n) is 8.13. The van der Waals surface area contributed by atoms with E-state index in [1.165, 1.54) is 48.3 Å². The van der Waals surface area contributed by atoms with E-state index in [-0.39, 0.29) is 27.2 Å². The SMILES string of the molecule is COc1cc(NS(=O)(=O)c2ccc(NS(=O)(=O)c3cnn(C)c3C)cc2)ncn1. The number of nitrogens with zero attached hydrogens (tertiary/aromatic N) is 4. The predicted molar refractivity (Wildman–Crippen MR) is 105 cm³/mol. The van der Waals surface area contributed by atoms with Crippen molar-refractivity contribution in [1.82, 2.24) is 19.7 Å². The summed E-state index contributed by atoms with van der Waals surface area (Å²) in [6.45, 7) is 1.63. The Bertz CT molecular complexity index is 1240. The van der Waals surface area contributed by atoms with Gasteiger partial charge in [0.25, 0.3) is 20.0 Å². The lowest BCUT2D eigenvalue weighted by Gasteiger charge is -2.10. The Morgan fingerprint density at radius 2 is 1.69 bits per heavy atom. The van der Waals surface area contributed by atoms with Gasteiger partial charge >= 0.3 is 0 Å². The van der Waals surface area contributed by atoms with E-state index in [1.807, 2.05) is 0 Å². The van der Waals surface area contributed by atoms with Crippen molar-refractivity contribution in [2.45, 2.75) is 16.7 Å². The third kappa shape index (κ3) is 4.46. The first-order chi connectivity index (χ1) is 13.6. The van der Waals surface area contributed by atoms with Crippen LogP contribution in [0.3, 0.4) is 0 Å². The molecule has 0 aliphatic rings. The van der Waals surface area contributed by atoms with E-state index in [0.717, 1.165) is 6.33 Å². The van der Waals surface area contributed by atoms with Gasteiger partial charge in [0, 0.05) is 18.8 Å². The molecule has 3 aromatic rings. The number of sulfonamides is 2. The standard InChI is InChI=1S/C16H18N6O5S2/c1-11-14(9-19-22(11)2)29(25,26)20-12-4-6-13(7-5-12)28(23,24)21-15-8-16(27-3)18-10-17-15/h4-10,20H,1-3H3,(H,17,18,21). The van der Waals surface area contributed by atoms with Gasteiger partial charge in [0.05, 0.1) is 23.9 Å². The Hall–Kier alpha value is -3.19. The summed E-state index contributed by atoms with van der Waals surface area (Å²) in [5, 5.41) is 3.91. The van der Waals surface area contributed by atoms with Gasteiger partial charge in [0.15, 0.2) is 0 Å². The summed E-state index contributed by atoms with van der Waals surface area (Å²) in [4.78, 5) is 7.59. The summed E-state index contributed by atoms with van der Waals surface area (Å²) < 4.78 is 61.1. The molecule has 0 radical (unpaired) electrons. The van der Waals surface area contributed by atoms with Gasteiger partial charge in [-0.15, -0.1) is 0 Å². The highest BCUT2D eigenvalue weighted by molar-refractivity contribution is 7.93. The molecule has 13 heteroatoms. The number of benzene rings is 1. The molecule has 2 aromatic heterocycles. The number of ether oxygens (including phenoxy) is 1. The molecule has 0 spiro atoms. The van der Waals surface area contributed by atoms with Crippen molar-refractivity contribution in [2.24, 2.45) is 7.05 Å². The van der Waals surface area contributed by atoms with Crippen LogP contribution in [-0.4, -0.2) is 43.7 Å². The Labute approximate surface area is 167 Å². The molecule has 154 valence electrons. The molecule has 3 rings (SSSR count). The van der Waals surface area contributed by atoms with Crippen molar-refractivity contribution in [2.75, 3.05) is 16.6 Å². The van der Waals surface area contributed by atoms with Crippen molar-refractivity contribution < 1.29 is 21.6 Å². The van der Waals surface area contributed by atoms with Crippen LogP contribution in [-0.2, 0) is 27.1 Å². The Morgan fingerprint density at radius 3 is 2.28 bits per heavy atom. The lowest BCUT2D eigenvalue weighted by molar-refractivity contribution is 0.397. The summed E-state index contributed by atoms with van der Waals surface area (Å²) in [7, 11) is -4.77. The van der Waals surface area contributed by atoms with Gasteiger partial charge < -0.3 is 4.74 Å². The number of nitrogens with one attached hydrogen (secondary N) is 2. The number of methoxy groups -OCH3 is 1. The minimum absolute atomic E-state index is 0.0358. The zero-order chi connectivity index (χ0) is 21.2. The topological polar surface area (TPSA) is 145 Å². The number of rotatable bonds is 7. The maximum absolute atomic E-state index is 12.5. The molecule has 0 saturated carbocycles. The average Bonchev–Trinajstić information content (AvgIpc) is 3.01. The summed E-state index contributed by atoms with van der Waals surface area (Å²) in [5.74, 6) is 0.238. The minimum atomic E-state index is -3.94. The molecule has 0 amide bonds. The molecule has 0 aliphatic heterocycles. The number of aryl methyl sites for hydroxylation is 1. The Balaban J connectivity index is 1.79. The van der Waals surface area contributed by atoms with Crippen molar-refractivity contribution in [3.63, 3.8) is 0 Å². The van der Waals surface area contributed by atoms with Crippen LogP contribution in [0, 0.1) is 6.92 Å². The van der Waals surface area contributed by atoms with E-state index in [0.29, 0.717) is 5.69 Å². The van der Waals surface area contributed by atoms with Crippen LogP contribution in [0.25, 0.3) is 0 Å². The van der Waals surface area contributed by atoms with Crippen LogP contribution in [0.4, 0.5) is 11.5 Å². The normalized spacial score (nSPS) is 11.8. The van der Waals surface area contributed by atoms with E-state index in [9.17, 15) is 16.8 Å². The van der Waals surface area contributed by atoms with Gasteiger partial charge in [0.1, 0.15) is 17.0 Å². The van der Waals surface area contributed by atoms with Gasteiger partial charge in [-0.3, -0.25) is 14.1 Å². The Kier molecular flexibility index (Phi) is 5.44. The highest BCUT2D eigenvalue weighted by Crippen LogP contribution is 2.22. The second kappa shape index (κ2) is 7.67. The predicted octanol–water partition coefficient (Wildman–Crippen LogP) is 1.13. The monoisotopic (exact) mass is 438 g/mol. The Morgan fingerprint density at radius 1 is 1.00 bits per heavy atom. The van der Waals surface area contributed by atoms with E-state index in [2.05, 4.69) is 24.5 Å². The molecule has 0 fully saturated rings. The van der Waals surface area contributed by atoms with E-state index < -0.39 is 20.0 Å². The molecular formula is C16H18N6O5S2. The lowest BCUT2D eigenvalue weighted by Crippen LogP contribution is -2.15. The smallest absolute Gasteiger partial charge is 0.265 e. The summed E-state index contributed by atoms with van der Waals surface area (Å²) in [5.41, 5.74) is 0.678. The molecule has 0 bridgehead atoms. The zero-order valence-corrected chi connectivity index (χ0v) is 17.3. The highest BCUT2D eigenvalue weighted by atomic mass is 32.2. The molecule has 0 saturated heterocycles. The molecule has 0 atom stereocenters. The first-order valence-corrected chi connectivity index (χ1v) is 11.1. The molecule has 2 heterocycles. The average molecular weight is 438 g/mol. The number of anilines is 2. The summed E-state index contributed by atoms with van der Waals surface area (Å²) in [6, 6.07) is 6.57. The maximum atomic E-state index is 12.5. The van der Waals surface area contributed by atoms with Gasteiger partial charge in [-0.05, 0) is 31.2 Å². The van der Waals surface area contributed by atoms with Crippen molar-refractivity contribution in [3.05, 3.63) is 48.5 Å². The number of aromatic nitrogens is 4. The molecule has 0 aliphatic carbocycles. The molecule has 11 nitrogen and oxygen atoms in total. The summed E-state index contributed by atoms with van der Waals surface area (Å²) in [6.07, 6.45) is 2.41. The van der Waals surface area contributed by atoms with Crippen LogP contribution in [0.1, 0.15) is 5.69 Å². The van der Waals surface area contributed by atoms with Crippen LogP contribution >= 0.6 is 0 Å². The summed E-state index contributed by atoms with van der Waals surface area (Å²) >= 11 is 0. The van der Waals surface area contributed by atoms with Crippen LogP contribution in [0.5, 0.6) is 5.88 Å². The highest BCUT2D eigenvalue weighted by Gasteiger charge is 2.21. The fraction of sp³-hybridized carbons (Fsp3) is 0.188. The fourth-order valence-electron chi connectivity index (χ4n) is 2.36. The maximum Gasteiger partial charge on any atom is 0.265 e. The van der Waals surface area contributed by atoms with Crippen molar-refractivity contribution in [3.8, 4) is 5.88 Å². The third-order valence-electron chi connectivity index (χ3n) is 3.99. The van der Waals surface area contributed by atoms with E-state index >= 15 is 0 Å². The number of hydrogen-bond donors (Lipinski definition) is 2. The first kappa shape index (κ1) is 20.5. The van der Waals surface area contributed by atoms with Gasteiger partial charge in [-0.1, -0.05) is 0 Å². The quantitative estimate of drug-likeness (QED) is 0.558. The van der Waals surface area contributed by atoms with E-state index in [1.54, 1.807) is 14.0 Å². The molecule has 0 unspecified atom stereocenters. The lowest BCUT2D eigenvalue weighted by atomic mass is 10.3. The largest absolute Gasteiger partial charge is 0.481 e. The number of hydrogen-bond acceptors (Lipinski definition) is 8. The third-order valence-corrected chi connectivity index (χ3v) is 6.84. The zero-order valence-electron chi connectivity index (χ0n) is 15.7. The molecule has 1 aromatic carbocycles. The minimum Gasteiger partial charge on any atom is -0.481 e. The molecule has 29 heavy (non-hydrogen) atoms. The second-order valence-corrected chi connectivity index (χ2v) is 9.23. The second-order valence-electron chi connectivity index (χ2n) is 5.90. The van der Waals surface area contributed by atoms with Gasteiger partial charge in [-0.2, -0.15) is 5.10 Å². The van der Waals surface area contributed by atoms with Crippen molar-refractivity contribution in [1.29, 1.82) is 0 Å². The molecular weight excluding hydrogens is 420 g/mol. The van der Waals surface area contributed by atoms with Gasteiger partial charge in [0.2, 0.25) is 5.88 Å². The molecule has 2 N–H and O–H groups in total. The van der Waals surface area contributed by atoms with Crippen molar-refractivity contribution >= 4 is 31.6 Å². The fourth-order valence-corrected chi connectivity index (χ4v) is 4.62. The van der Waals surface area contributed by atoms with E-state index in [4.69, 9.17) is 4.74 Å². The van der Waals surface area contributed by atoms with Crippen LogP contribution in [0.15, 0.2) is 52.6 Å². The van der Waals surface area contributed by atoms with Crippen LogP contribution in [0.2, 0.25) is 0 Å². The van der Waals surface area contributed by atoms with Gasteiger partial charge in [-0.25, -0.2) is 26.8 Å².